The van der Waals surface area contributed by atoms with E-state index in [1.165, 1.54) is 6.20 Å². The van der Waals surface area contributed by atoms with E-state index in [-0.39, 0.29) is 12.4 Å². The van der Waals surface area contributed by atoms with Crippen molar-refractivity contribution in [1.82, 2.24) is 4.98 Å². The molecule has 2 amide bonds. The van der Waals surface area contributed by atoms with Crippen LogP contribution in [-0.2, 0) is 9.53 Å². The third-order valence-corrected chi connectivity index (χ3v) is 2.14. The van der Waals surface area contributed by atoms with Gasteiger partial charge in [-0.1, -0.05) is 0 Å². The van der Waals surface area contributed by atoms with Crippen LogP contribution in [0.5, 0.6) is 5.75 Å². The molecule has 0 unspecified atom stereocenters. The van der Waals surface area contributed by atoms with Crippen LogP contribution in [0.4, 0.5) is 10.6 Å². The van der Waals surface area contributed by atoms with Gasteiger partial charge >= 0.3 is 6.09 Å². The van der Waals surface area contributed by atoms with Gasteiger partial charge in [0.15, 0.2) is 18.2 Å². The highest BCUT2D eigenvalue weighted by molar-refractivity contribution is 6.14. The fourth-order valence-electron chi connectivity index (χ4n) is 1.48. The van der Waals surface area contributed by atoms with Gasteiger partial charge in [0.2, 0.25) is 0 Å². The number of carbonyl (C=O) groups is 2. The van der Waals surface area contributed by atoms with Crippen LogP contribution in [0.15, 0.2) is 18.3 Å². The Hall–Kier alpha value is -2.11. The van der Waals surface area contributed by atoms with Crippen LogP contribution in [0.25, 0.3) is 0 Å². The van der Waals surface area contributed by atoms with Crippen molar-refractivity contribution >= 4 is 17.8 Å². The Morgan fingerprint density at radius 2 is 2.22 bits per heavy atom. The maximum atomic E-state index is 12.0. The first kappa shape index (κ1) is 12.3. The van der Waals surface area contributed by atoms with E-state index in [1.54, 1.807) is 32.9 Å². The van der Waals surface area contributed by atoms with Crippen molar-refractivity contribution in [2.45, 2.75) is 26.4 Å². The van der Waals surface area contributed by atoms with Crippen molar-refractivity contribution < 1.29 is 19.1 Å². The highest BCUT2D eigenvalue weighted by Gasteiger charge is 2.35. The number of rotatable bonds is 0. The van der Waals surface area contributed by atoms with Gasteiger partial charge in [-0.15, -0.1) is 0 Å². The zero-order valence-electron chi connectivity index (χ0n) is 10.5. The number of ether oxygens (including phenoxy) is 2. The van der Waals surface area contributed by atoms with Gasteiger partial charge < -0.3 is 9.47 Å². The Morgan fingerprint density at radius 1 is 1.50 bits per heavy atom. The summed E-state index contributed by atoms with van der Waals surface area (Å²) in [5, 5.41) is 0. The molecule has 2 rings (SSSR count). The summed E-state index contributed by atoms with van der Waals surface area (Å²) >= 11 is 0. The number of aromatic nitrogens is 1. The number of carbonyl (C=O) groups excluding carboxylic acids is 2. The van der Waals surface area contributed by atoms with Crippen LogP contribution >= 0.6 is 0 Å². The van der Waals surface area contributed by atoms with E-state index in [0.29, 0.717) is 5.75 Å². The maximum Gasteiger partial charge on any atom is 0.423 e. The molecule has 0 N–H and O–H groups in total. The molecular formula is C12H14N2O4. The molecule has 96 valence electrons. The molecule has 0 radical (unpaired) electrons. The topological polar surface area (TPSA) is 68.7 Å². The van der Waals surface area contributed by atoms with Crippen LogP contribution in [0.3, 0.4) is 0 Å². The van der Waals surface area contributed by atoms with Crippen molar-refractivity contribution in [3.8, 4) is 5.75 Å². The van der Waals surface area contributed by atoms with Crippen molar-refractivity contribution in [3.05, 3.63) is 18.3 Å². The minimum Gasteiger partial charge on any atom is -0.480 e. The number of fused-ring (bicyclic) bond motifs is 1. The van der Waals surface area contributed by atoms with Crippen LogP contribution < -0.4 is 9.64 Å². The molecule has 0 saturated carbocycles. The largest absolute Gasteiger partial charge is 0.480 e. The van der Waals surface area contributed by atoms with E-state index in [1.807, 2.05) is 0 Å². The molecule has 0 aliphatic carbocycles. The summed E-state index contributed by atoms with van der Waals surface area (Å²) in [4.78, 5) is 28.6. The molecular weight excluding hydrogens is 236 g/mol. The predicted octanol–water partition coefficient (Wildman–Crippen LogP) is 1.74. The number of hydrogen-bond acceptors (Lipinski definition) is 5. The first-order valence-electron chi connectivity index (χ1n) is 5.52. The van der Waals surface area contributed by atoms with Gasteiger partial charge in [0, 0.05) is 6.20 Å². The van der Waals surface area contributed by atoms with E-state index < -0.39 is 17.6 Å². The summed E-state index contributed by atoms with van der Waals surface area (Å²) in [6, 6.07) is 3.31. The van der Waals surface area contributed by atoms with E-state index in [0.717, 1.165) is 4.90 Å². The molecule has 18 heavy (non-hydrogen) atoms. The molecule has 1 aliphatic heterocycles. The summed E-state index contributed by atoms with van der Waals surface area (Å²) in [6.45, 7) is 5.00. The minimum atomic E-state index is -0.740. The number of hydrogen-bond donors (Lipinski definition) is 0. The Morgan fingerprint density at radius 3 is 2.89 bits per heavy atom. The lowest BCUT2D eigenvalue weighted by Crippen LogP contribution is -2.46. The van der Waals surface area contributed by atoms with Gasteiger partial charge in [0.25, 0.3) is 5.91 Å². The highest BCUT2D eigenvalue weighted by Crippen LogP contribution is 2.30. The van der Waals surface area contributed by atoms with Gasteiger partial charge in [-0.05, 0) is 32.9 Å². The second-order valence-electron chi connectivity index (χ2n) is 4.82. The van der Waals surface area contributed by atoms with Crippen molar-refractivity contribution in [3.63, 3.8) is 0 Å². The number of anilines is 1. The minimum absolute atomic E-state index is 0.169. The molecule has 0 aromatic carbocycles. The summed E-state index contributed by atoms with van der Waals surface area (Å²) in [5.41, 5.74) is -0.676. The van der Waals surface area contributed by atoms with Crippen LogP contribution in [0, 0.1) is 0 Å². The summed E-state index contributed by atoms with van der Waals surface area (Å²) in [6.07, 6.45) is 0.744. The maximum absolute atomic E-state index is 12.0. The average Bonchev–Trinajstić information content (AvgIpc) is 2.26. The van der Waals surface area contributed by atoms with Gasteiger partial charge in [-0.25, -0.2) is 9.78 Å². The van der Waals surface area contributed by atoms with Gasteiger partial charge in [0.1, 0.15) is 5.60 Å². The molecule has 0 saturated heterocycles. The van der Waals surface area contributed by atoms with Crippen molar-refractivity contribution in [2.24, 2.45) is 0 Å². The number of nitrogens with zero attached hydrogens (tertiary/aromatic N) is 2. The van der Waals surface area contributed by atoms with Crippen molar-refractivity contribution in [2.75, 3.05) is 11.5 Å². The number of imide groups is 1. The average molecular weight is 250 g/mol. The fraction of sp³-hybridized carbons (Fsp3) is 0.417. The van der Waals surface area contributed by atoms with E-state index in [2.05, 4.69) is 4.98 Å². The Balaban J connectivity index is 2.32. The van der Waals surface area contributed by atoms with E-state index in [9.17, 15) is 9.59 Å². The molecule has 0 fully saturated rings. The third-order valence-electron chi connectivity index (χ3n) is 2.14. The molecule has 0 bridgehead atoms. The molecule has 1 aromatic rings. The van der Waals surface area contributed by atoms with Crippen LogP contribution in [-0.4, -0.2) is 29.2 Å². The summed E-state index contributed by atoms with van der Waals surface area (Å²) < 4.78 is 10.4. The first-order chi connectivity index (χ1) is 8.38. The Bertz CT molecular complexity index is 493. The summed E-state index contributed by atoms with van der Waals surface area (Å²) in [7, 11) is 0. The normalized spacial score (nSPS) is 14.8. The van der Waals surface area contributed by atoms with E-state index >= 15 is 0 Å². The molecule has 0 spiro atoms. The molecule has 2 heterocycles. The fourth-order valence-corrected chi connectivity index (χ4v) is 1.48. The molecule has 1 aromatic heterocycles. The SMILES string of the molecule is CC(C)(C)OC(=O)N1C(=O)COc2cccnc21. The zero-order chi connectivity index (χ0) is 13.3. The smallest absolute Gasteiger partial charge is 0.423 e. The van der Waals surface area contributed by atoms with Crippen LogP contribution in [0.2, 0.25) is 0 Å². The zero-order valence-corrected chi connectivity index (χ0v) is 10.5. The quantitative estimate of drug-likeness (QED) is 0.701. The van der Waals surface area contributed by atoms with Crippen molar-refractivity contribution in [1.29, 1.82) is 0 Å². The monoisotopic (exact) mass is 250 g/mol. The third kappa shape index (κ3) is 2.42. The van der Waals surface area contributed by atoms with Gasteiger partial charge in [-0.2, -0.15) is 4.90 Å². The molecule has 1 aliphatic rings. The highest BCUT2D eigenvalue weighted by atomic mass is 16.6. The second kappa shape index (κ2) is 4.29. The first-order valence-corrected chi connectivity index (χ1v) is 5.52. The Kier molecular flexibility index (Phi) is 2.94. The number of pyridine rings is 1. The number of amides is 2. The molecule has 6 heteroatoms. The predicted molar refractivity (Wildman–Crippen MR) is 63.5 cm³/mol. The van der Waals surface area contributed by atoms with Gasteiger partial charge in [-0.3, -0.25) is 4.79 Å². The lowest BCUT2D eigenvalue weighted by Gasteiger charge is -2.28. The lowest BCUT2D eigenvalue weighted by atomic mass is 10.2. The molecule has 0 atom stereocenters. The lowest BCUT2D eigenvalue weighted by molar-refractivity contribution is -0.121. The molecule has 6 nitrogen and oxygen atoms in total. The van der Waals surface area contributed by atoms with Gasteiger partial charge in [0.05, 0.1) is 0 Å². The summed E-state index contributed by atoms with van der Waals surface area (Å²) in [5.74, 6) is 0.0707. The van der Waals surface area contributed by atoms with Crippen LogP contribution in [0.1, 0.15) is 20.8 Å². The Labute approximate surface area is 105 Å². The standard InChI is InChI=1S/C12H14N2O4/c1-12(2,3)18-11(16)14-9(15)7-17-8-5-4-6-13-10(8)14/h4-6H,7H2,1-3H3. The van der Waals surface area contributed by atoms with E-state index in [4.69, 9.17) is 9.47 Å². The second-order valence-corrected chi connectivity index (χ2v) is 4.82.